The molecule has 1 amide bonds. The Bertz CT molecular complexity index is 340. The van der Waals surface area contributed by atoms with Crippen LogP contribution in [0.3, 0.4) is 0 Å². The number of benzene rings is 1. The van der Waals surface area contributed by atoms with Gasteiger partial charge < -0.3 is 16.2 Å². The minimum absolute atomic E-state index is 0.0583. The quantitative estimate of drug-likeness (QED) is 0.649. The second kappa shape index (κ2) is 6.52. The second-order valence-corrected chi connectivity index (χ2v) is 4.20. The van der Waals surface area contributed by atoms with Crippen molar-refractivity contribution in [3.63, 3.8) is 0 Å². The molecule has 1 unspecified atom stereocenters. The zero-order valence-electron chi connectivity index (χ0n) is 9.14. The molecule has 0 saturated heterocycles. The number of hydrogen-bond acceptors (Lipinski definition) is 4. The third-order valence-electron chi connectivity index (χ3n) is 2.15. The van der Waals surface area contributed by atoms with Crippen molar-refractivity contribution in [2.75, 3.05) is 12.8 Å². The van der Waals surface area contributed by atoms with E-state index in [1.165, 1.54) is 4.90 Å². The molecule has 1 rings (SSSR count). The predicted molar refractivity (Wildman–Crippen MR) is 65.1 cm³/mol. The highest BCUT2D eigenvalue weighted by molar-refractivity contribution is 7.98. The summed E-state index contributed by atoms with van der Waals surface area (Å²) < 4.78 is 0. The third-order valence-corrected chi connectivity index (χ3v) is 2.90. The molecule has 0 saturated carbocycles. The molecule has 16 heavy (non-hydrogen) atoms. The van der Waals surface area contributed by atoms with Crippen molar-refractivity contribution in [3.05, 3.63) is 29.8 Å². The van der Waals surface area contributed by atoms with Crippen LogP contribution in [0.1, 0.15) is 5.56 Å². The van der Waals surface area contributed by atoms with Gasteiger partial charge >= 0.3 is 0 Å². The Morgan fingerprint density at radius 2 is 2.12 bits per heavy atom. The molecule has 0 aliphatic carbocycles. The first-order chi connectivity index (χ1) is 7.67. The van der Waals surface area contributed by atoms with Gasteiger partial charge in [0.05, 0.1) is 0 Å². The molecule has 0 aromatic heterocycles. The van der Waals surface area contributed by atoms with E-state index in [2.05, 4.69) is 5.32 Å². The largest absolute Gasteiger partial charge is 0.382 e. The molecule has 0 radical (unpaired) electrons. The van der Waals surface area contributed by atoms with Crippen molar-refractivity contribution in [3.8, 4) is 0 Å². The van der Waals surface area contributed by atoms with Gasteiger partial charge in [-0.1, -0.05) is 12.1 Å². The van der Waals surface area contributed by atoms with Crippen LogP contribution in [-0.4, -0.2) is 29.9 Å². The number of nitrogens with one attached hydrogen (secondary N) is 1. The lowest BCUT2D eigenvalue weighted by molar-refractivity contribution is -0.128. The molecule has 5 heteroatoms. The first-order valence-electron chi connectivity index (χ1n) is 4.96. The lowest BCUT2D eigenvalue weighted by Crippen LogP contribution is -2.38. The summed E-state index contributed by atoms with van der Waals surface area (Å²) in [6.07, 6.45) is 0.888. The number of aliphatic hydroxyl groups is 1. The van der Waals surface area contributed by atoms with Crippen LogP contribution in [-0.2, 0) is 11.3 Å². The van der Waals surface area contributed by atoms with Crippen molar-refractivity contribution >= 4 is 17.7 Å². The molecule has 0 aliphatic rings. The van der Waals surface area contributed by atoms with E-state index in [1.807, 2.05) is 30.5 Å². The molecule has 1 aromatic carbocycles. The van der Waals surface area contributed by atoms with Gasteiger partial charge in [0, 0.05) is 18.0 Å². The van der Waals surface area contributed by atoms with E-state index in [0.717, 1.165) is 5.56 Å². The summed E-state index contributed by atoms with van der Waals surface area (Å²) >= 11 is 1.67. The molecular formula is C11H16N2O2S. The number of amides is 1. The normalized spacial score (nSPS) is 12.2. The summed E-state index contributed by atoms with van der Waals surface area (Å²) in [6, 6.07) is 7.87. The summed E-state index contributed by atoms with van der Waals surface area (Å²) in [6.45, 7) is 0.349. The standard InChI is InChI=1S/C11H16N2O2S/c1-16-9-4-2-8(3-5-9)7-13-11(15)10(14)6-12/h2-5,10,14H,6-7,12H2,1H3,(H,13,15). The number of rotatable bonds is 5. The van der Waals surface area contributed by atoms with E-state index >= 15 is 0 Å². The number of carbonyl (C=O) groups excluding carboxylic acids is 1. The Morgan fingerprint density at radius 1 is 1.50 bits per heavy atom. The van der Waals surface area contributed by atoms with Gasteiger partial charge in [0.15, 0.2) is 0 Å². The summed E-state index contributed by atoms with van der Waals surface area (Å²) in [7, 11) is 0. The van der Waals surface area contributed by atoms with E-state index in [4.69, 9.17) is 10.8 Å². The smallest absolute Gasteiger partial charge is 0.250 e. The van der Waals surface area contributed by atoms with Crippen molar-refractivity contribution in [2.24, 2.45) is 5.73 Å². The van der Waals surface area contributed by atoms with E-state index < -0.39 is 12.0 Å². The van der Waals surface area contributed by atoms with Crippen LogP contribution in [0.25, 0.3) is 0 Å². The number of carbonyl (C=O) groups is 1. The summed E-state index contributed by atoms with van der Waals surface area (Å²) in [5.74, 6) is -0.434. The lowest BCUT2D eigenvalue weighted by atomic mass is 10.2. The zero-order valence-corrected chi connectivity index (χ0v) is 9.96. The topological polar surface area (TPSA) is 75.3 Å². The number of hydrogen-bond donors (Lipinski definition) is 3. The Labute approximate surface area is 99.2 Å². The zero-order chi connectivity index (χ0) is 12.0. The Balaban J connectivity index is 2.45. The van der Waals surface area contributed by atoms with Gasteiger partial charge in [0.2, 0.25) is 5.91 Å². The first-order valence-corrected chi connectivity index (χ1v) is 6.18. The minimum atomic E-state index is -1.12. The number of thioether (sulfide) groups is 1. The first kappa shape index (κ1) is 13.0. The molecule has 0 heterocycles. The number of aliphatic hydroxyl groups excluding tert-OH is 1. The fraction of sp³-hybridized carbons (Fsp3) is 0.364. The monoisotopic (exact) mass is 240 g/mol. The molecule has 88 valence electrons. The molecule has 4 nitrogen and oxygen atoms in total. The molecule has 4 N–H and O–H groups in total. The highest BCUT2D eigenvalue weighted by Gasteiger charge is 2.11. The van der Waals surface area contributed by atoms with Gasteiger partial charge in [-0.2, -0.15) is 0 Å². The fourth-order valence-electron chi connectivity index (χ4n) is 1.16. The van der Waals surface area contributed by atoms with E-state index in [0.29, 0.717) is 6.54 Å². The van der Waals surface area contributed by atoms with E-state index in [9.17, 15) is 4.79 Å². The van der Waals surface area contributed by atoms with Crippen LogP contribution in [0.5, 0.6) is 0 Å². The lowest BCUT2D eigenvalue weighted by Gasteiger charge is -2.09. The average molecular weight is 240 g/mol. The molecule has 0 fully saturated rings. The maximum Gasteiger partial charge on any atom is 0.250 e. The van der Waals surface area contributed by atoms with E-state index in [1.54, 1.807) is 11.8 Å². The SMILES string of the molecule is CSc1ccc(CNC(=O)C(O)CN)cc1. The molecule has 1 aromatic rings. The van der Waals surface area contributed by atoms with Gasteiger partial charge in [0.1, 0.15) is 6.10 Å². The van der Waals surface area contributed by atoms with Gasteiger partial charge in [-0.15, -0.1) is 11.8 Å². The predicted octanol–water partition coefficient (Wildman–Crippen LogP) is 0.344. The maximum absolute atomic E-state index is 11.2. The molecule has 1 atom stereocenters. The van der Waals surface area contributed by atoms with Gasteiger partial charge in [-0.3, -0.25) is 4.79 Å². The van der Waals surface area contributed by atoms with Crippen LogP contribution in [0.2, 0.25) is 0 Å². The number of nitrogens with two attached hydrogens (primary N) is 1. The van der Waals surface area contributed by atoms with Crippen LogP contribution < -0.4 is 11.1 Å². The highest BCUT2D eigenvalue weighted by Crippen LogP contribution is 2.14. The summed E-state index contributed by atoms with van der Waals surface area (Å²) in [5, 5.41) is 11.8. The summed E-state index contributed by atoms with van der Waals surface area (Å²) in [4.78, 5) is 12.4. The van der Waals surface area contributed by atoms with Crippen LogP contribution in [0, 0.1) is 0 Å². The van der Waals surface area contributed by atoms with Gasteiger partial charge in [0.25, 0.3) is 0 Å². The van der Waals surface area contributed by atoms with Crippen LogP contribution >= 0.6 is 11.8 Å². The van der Waals surface area contributed by atoms with Crippen molar-refractivity contribution < 1.29 is 9.90 Å². The second-order valence-electron chi connectivity index (χ2n) is 3.32. The summed E-state index contributed by atoms with van der Waals surface area (Å²) in [5.41, 5.74) is 6.16. The molecule has 0 bridgehead atoms. The van der Waals surface area contributed by atoms with Crippen molar-refractivity contribution in [1.29, 1.82) is 0 Å². The highest BCUT2D eigenvalue weighted by atomic mass is 32.2. The Hall–Kier alpha value is -1.04. The van der Waals surface area contributed by atoms with Gasteiger partial charge in [-0.05, 0) is 24.0 Å². The average Bonchev–Trinajstić information content (AvgIpc) is 2.35. The van der Waals surface area contributed by atoms with Gasteiger partial charge in [-0.25, -0.2) is 0 Å². The molecule has 0 aliphatic heterocycles. The third kappa shape index (κ3) is 3.84. The van der Waals surface area contributed by atoms with Crippen LogP contribution in [0.4, 0.5) is 0 Å². The molecule has 0 spiro atoms. The minimum Gasteiger partial charge on any atom is -0.382 e. The Morgan fingerprint density at radius 3 is 2.62 bits per heavy atom. The molecular weight excluding hydrogens is 224 g/mol. The van der Waals surface area contributed by atoms with Crippen molar-refractivity contribution in [2.45, 2.75) is 17.5 Å². The van der Waals surface area contributed by atoms with Crippen molar-refractivity contribution in [1.82, 2.24) is 5.32 Å². The Kier molecular flexibility index (Phi) is 5.31. The van der Waals surface area contributed by atoms with E-state index in [-0.39, 0.29) is 6.54 Å². The maximum atomic E-state index is 11.2. The fourth-order valence-corrected chi connectivity index (χ4v) is 1.57. The van der Waals surface area contributed by atoms with Crippen LogP contribution in [0.15, 0.2) is 29.2 Å².